The molecule has 0 bridgehead atoms. The van der Waals surface area contributed by atoms with E-state index >= 15 is 0 Å². The number of hydrogen-bond acceptors (Lipinski definition) is 2. The number of ether oxygens (including phenoxy) is 1. The first-order valence-corrected chi connectivity index (χ1v) is 7.01. The highest BCUT2D eigenvalue weighted by Crippen LogP contribution is 2.36. The molecule has 0 radical (unpaired) electrons. The van der Waals surface area contributed by atoms with Crippen LogP contribution in [0.5, 0.6) is 5.75 Å². The van der Waals surface area contributed by atoms with Crippen LogP contribution in [0.1, 0.15) is 31.7 Å². The van der Waals surface area contributed by atoms with Crippen LogP contribution in [0, 0.1) is 12.8 Å². The molecule has 0 aromatic heterocycles. The van der Waals surface area contributed by atoms with Gasteiger partial charge in [0.05, 0.1) is 12.8 Å². The average Bonchev–Trinajstić information content (AvgIpc) is 2.68. The Morgan fingerprint density at radius 2 is 2.12 bits per heavy atom. The van der Waals surface area contributed by atoms with Gasteiger partial charge in [-0.25, -0.2) is 0 Å². The largest absolute Gasteiger partial charge is 0.495 e. The Hall–Kier alpha value is -0.700. The summed E-state index contributed by atoms with van der Waals surface area (Å²) in [6.07, 6.45) is 3.92. The fourth-order valence-corrected chi connectivity index (χ4v) is 3.15. The average molecular weight is 298 g/mol. The highest BCUT2D eigenvalue weighted by Gasteiger charge is 2.24. The molecule has 0 amide bonds. The Bertz CT molecular complexity index is 405. The molecule has 1 aliphatic carbocycles. The molecular formula is C14H20BrNO. The van der Waals surface area contributed by atoms with Crippen molar-refractivity contribution in [2.75, 3.05) is 12.4 Å². The number of rotatable bonds is 3. The minimum absolute atomic E-state index is 0.587. The maximum Gasteiger partial charge on any atom is 0.143 e. The second-order valence-corrected chi connectivity index (χ2v) is 5.87. The first-order chi connectivity index (χ1) is 8.11. The lowest BCUT2D eigenvalue weighted by molar-refractivity contribution is 0.414. The quantitative estimate of drug-likeness (QED) is 0.895. The number of nitrogens with one attached hydrogen (secondary N) is 1. The number of aryl methyl sites for hydroxylation is 1. The molecule has 0 heterocycles. The molecule has 1 aromatic carbocycles. The van der Waals surface area contributed by atoms with Crippen molar-refractivity contribution in [3.8, 4) is 5.75 Å². The van der Waals surface area contributed by atoms with E-state index in [9.17, 15) is 0 Å². The summed E-state index contributed by atoms with van der Waals surface area (Å²) in [6.45, 7) is 4.45. The van der Waals surface area contributed by atoms with Crippen molar-refractivity contribution in [3.05, 3.63) is 22.2 Å². The molecule has 1 N–H and O–H groups in total. The maximum atomic E-state index is 5.46. The van der Waals surface area contributed by atoms with Crippen LogP contribution in [0.15, 0.2) is 16.6 Å². The van der Waals surface area contributed by atoms with Crippen molar-refractivity contribution < 1.29 is 4.74 Å². The Balaban J connectivity index is 2.25. The van der Waals surface area contributed by atoms with E-state index in [-0.39, 0.29) is 0 Å². The molecular weight excluding hydrogens is 278 g/mol. The van der Waals surface area contributed by atoms with Gasteiger partial charge in [-0.05, 0) is 43.4 Å². The van der Waals surface area contributed by atoms with E-state index < -0.39 is 0 Å². The lowest BCUT2D eigenvalue weighted by Crippen LogP contribution is -2.22. The Kier molecular flexibility index (Phi) is 3.97. The Morgan fingerprint density at radius 1 is 1.35 bits per heavy atom. The fraction of sp³-hybridized carbons (Fsp3) is 0.571. The van der Waals surface area contributed by atoms with Crippen LogP contribution in [0.3, 0.4) is 0 Å². The highest BCUT2D eigenvalue weighted by molar-refractivity contribution is 9.10. The smallest absolute Gasteiger partial charge is 0.143 e. The Labute approximate surface area is 112 Å². The van der Waals surface area contributed by atoms with Gasteiger partial charge in [0.15, 0.2) is 0 Å². The van der Waals surface area contributed by atoms with E-state index in [0.717, 1.165) is 21.8 Å². The molecule has 2 rings (SSSR count). The molecule has 2 nitrogen and oxygen atoms in total. The van der Waals surface area contributed by atoms with Gasteiger partial charge in [-0.1, -0.05) is 29.3 Å². The zero-order chi connectivity index (χ0) is 12.4. The zero-order valence-electron chi connectivity index (χ0n) is 10.7. The van der Waals surface area contributed by atoms with Gasteiger partial charge in [-0.3, -0.25) is 0 Å². The van der Waals surface area contributed by atoms with Crippen molar-refractivity contribution in [1.29, 1.82) is 0 Å². The van der Waals surface area contributed by atoms with Gasteiger partial charge in [-0.2, -0.15) is 0 Å². The molecule has 2 unspecified atom stereocenters. The van der Waals surface area contributed by atoms with E-state index in [2.05, 4.69) is 41.2 Å². The highest BCUT2D eigenvalue weighted by atomic mass is 79.9. The molecule has 2 atom stereocenters. The lowest BCUT2D eigenvalue weighted by atomic mass is 10.1. The minimum Gasteiger partial charge on any atom is -0.495 e. The van der Waals surface area contributed by atoms with Crippen LogP contribution in [0.2, 0.25) is 0 Å². The predicted octanol–water partition coefficient (Wildman–Crippen LogP) is 4.37. The molecule has 1 aromatic rings. The Morgan fingerprint density at radius 3 is 2.71 bits per heavy atom. The summed E-state index contributed by atoms with van der Waals surface area (Å²) in [5.41, 5.74) is 2.38. The third-order valence-corrected chi connectivity index (χ3v) is 4.13. The minimum atomic E-state index is 0.587. The molecule has 0 saturated heterocycles. The summed E-state index contributed by atoms with van der Waals surface area (Å²) in [5.74, 6) is 1.68. The zero-order valence-corrected chi connectivity index (χ0v) is 12.3. The number of halogens is 1. The predicted molar refractivity (Wildman–Crippen MR) is 75.9 cm³/mol. The van der Waals surface area contributed by atoms with Crippen LogP contribution in [0.4, 0.5) is 5.69 Å². The van der Waals surface area contributed by atoms with Crippen LogP contribution in [-0.4, -0.2) is 13.2 Å². The number of hydrogen-bond donors (Lipinski definition) is 1. The molecule has 94 valence electrons. The third kappa shape index (κ3) is 2.76. The topological polar surface area (TPSA) is 21.3 Å². The van der Waals surface area contributed by atoms with Crippen molar-refractivity contribution in [3.63, 3.8) is 0 Å². The van der Waals surface area contributed by atoms with E-state index in [1.165, 1.54) is 24.8 Å². The maximum absolute atomic E-state index is 5.46. The standard InChI is InChI=1S/C14H20BrNO/c1-9-5-4-6-12(9)16-14-10(2)7-11(15)8-13(14)17-3/h7-9,12,16H,4-6H2,1-3H3. The molecule has 0 spiro atoms. The second kappa shape index (κ2) is 5.30. The van der Waals surface area contributed by atoms with Gasteiger partial charge in [0.2, 0.25) is 0 Å². The summed E-state index contributed by atoms with van der Waals surface area (Å²) in [5, 5.41) is 3.66. The summed E-state index contributed by atoms with van der Waals surface area (Å²) < 4.78 is 6.53. The molecule has 3 heteroatoms. The molecule has 1 aliphatic rings. The summed E-state index contributed by atoms with van der Waals surface area (Å²) in [6, 6.07) is 4.74. The molecule has 1 fully saturated rings. The summed E-state index contributed by atoms with van der Waals surface area (Å²) in [4.78, 5) is 0. The van der Waals surface area contributed by atoms with Crippen LogP contribution < -0.4 is 10.1 Å². The van der Waals surface area contributed by atoms with Gasteiger partial charge >= 0.3 is 0 Å². The fourth-order valence-electron chi connectivity index (χ4n) is 2.60. The second-order valence-electron chi connectivity index (χ2n) is 4.96. The third-order valence-electron chi connectivity index (χ3n) is 3.68. The number of anilines is 1. The van der Waals surface area contributed by atoms with Crippen molar-refractivity contribution in [2.24, 2.45) is 5.92 Å². The van der Waals surface area contributed by atoms with E-state index in [0.29, 0.717) is 6.04 Å². The van der Waals surface area contributed by atoms with Crippen LogP contribution in [-0.2, 0) is 0 Å². The van der Waals surface area contributed by atoms with Crippen LogP contribution >= 0.6 is 15.9 Å². The number of methoxy groups -OCH3 is 1. The van der Waals surface area contributed by atoms with E-state index in [4.69, 9.17) is 4.74 Å². The van der Waals surface area contributed by atoms with Crippen molar-refractivity contribution in [2.45, 2.75) is 39.2 Å². The SMILES string of the molecule is COc1cc(Br)cc(C)c1NC1CCCC1C. The van der Waals surface area contributed by atoms with Crippen LogP contribution in [0.25, 0.3) is 0 Å². The normalized spacial score (nSPS) is 23.8. The summed E-state index contributed by atoms with van der Waals surface area (Å²) in [7, 11) is 1.73. The van der Waals surface area contributed by atoms with Gasteiger partial charge in [0.25, 0.3) is 0 Å². The van der Waals surface area contributed by atoms with Gasteiger partial charge in [0.1, 0.15) is 5.75 Å². The van der Waals surface area contributed by atoms with E-state index in [1.807, 2.05) is 6.07 Å². The first-order valence-electron chi connectivity index (χ1n) is 6.22. The molecule has 1 saturated carbocycles. The molecule has 17 heavy (non-hydrogen) atoms. The first kappa shape index (κ1) is 12.7. The van der Waals surface area contributed by atoms with E-state index in [1.54, 1.807) is 7.11 Å². The monoisotopic (exact) mass is 297 g/mol. The molecule has 0 aliphatic heterocycles. The van der Waals surface area contributed by atoms with Gasteiger partial charge < -0.3 is 10.1 Å². The van der Waals surface area contributed by atoms with Crippen molar-refractivity contribution >= 4 is 21.6 Å². The van der Waals surface area contributed by atoms with Gasteiger partial charge in [-0.15, -0.1) is 0 Å². The summed E-state index contributed by atoms with van der Waals surface area (Å²) >= 11 is 3.50. The number of benzene rings is 1. The van der Waals surface area contributed by atoms with Gasteiger partial charge in [0, 0.05) is 10.5 Å². The van der Waals surface area contributed by atoms with Crippen molar-refractivity contribution in [1.82, 2.24) is 0 Å². The lowest BCUT2D eigenvalue weighted by Gasteiger charge is -2.22.